The number of hydrogen-bond donors (Lipinski definition) is 2. The van der Waals surface area contributed by atoms with Crippen molar-refractivity contribution in [2.45, 2.75) is 64.1 Å². The van der Waals surface area contributed by atoms with Gasteiger partial charge in [0.25, 0.3) is 8.32 Å². The van der Waals surface area contributed by atoms with E-state index in [1.165, 1.54) is 6.92 Å². The quantitative estimate of drug-likeness (QED) is 0.618. The lowest BCUT2D eigenvalue weighted by atomic mass is 9.75. The van der Waals surface area contributed by atoms with Crippen molar-refractivity contribution in [1.82, 2.24) is 5.32 Å². The largest absolute Gasteiger partial charge is 0.440 e. The second-order valence-electron chi connectivity index (χ2n) is 9.40. The molecule has 0 spiro atoms. The number of Topliss-reactive ketones (excluding diaryl/α,β-unsaturated/α-hetero) is 1. The standard InChI is InChI=1S/C25H33NO4Si/c1-6-19(25(5)22(18(2)27)26-23(28)30-25)17-24(3,4)31(29,20-13-9-7-10-14-20)21-15-11-8-12-16-21/h7-16,19,22,29H,6,17H2,1-5H3,(H,26,28)/t19-,22+,25+/m0/s1. The highest BCUT2D eigenvalue weighted by molar-refractivity contribution is 6.98. The molecule has 31 heavy (non-hydrogen) atoms. The number of benzene rings is 2. The van der Waals surface area contributed by atoms with Gasteiger partial charge in [0.2, 0.25) is 0 Å². The molecule has 0 aromatic heterocycles. The first kappa shape index (κ1) is 23.2. The molecule has 1 saturated heterocycles. The third-order valence-corrected chi connectivity index (χ3v) is 11.5. The summed E-state index contributed by atoms with van der Waals surface area (Å²) in [5, 5.41) is 4.06. The summed E-state index contributed by atoms with van der Waals surface area (Å²) in [6.45, 7) is 9.55. The number of amides is 1. The maximum atomic E-state index is 12.4. The third-order valence-electron chi connectivity index (χ3n) is 6.98. The summed E-state index contributed by atoms with van der Waals surface area (Å²) in [4.78, 5) is 36.8. The van der Waals surface area contributed by atoms with Gasteiger partial charge in [-0.25, -0.2) is 4.79 Å². The summed E-state index contributed by atoms with van der Waals surface area (Å²) in [5.41, 5.74) is -0.961. The Morgan fingerprint density at radius 1 is 1.13 bits per heavy atom. The second kappa shape index (κ2) is 8.59. The molecule has 1 aliphatic heterocycles. The molecule has 3 atom stereocenters. The van der Waals surface area contributed by atoms with E-state index in [-0.39, 0.29) is 11.7 Å². The summed E-state index contributed by atoms with van der Waals surface area (Å²) >= 11 is 0. The fraction of sp³-hybridized carbons (Fsp3) is 0.440. The van der Waals surface area contributed by atoms with E-state index >= 15 is 0 Å². The topological polar surface area (TPSA) is 75.6 Å². The highest BCUT2D eigenvalue weighted by Gasteiger charge is 2.57. The van der Waals surface area contributed by atoms with Crippen molar-refractivity contribution in [3.8, 4) is 0 Å². The van der Waals surface area contributed by atoms with Crippen molar-refractivity contribution in [2.24, 2.45) is 5.92 Å². The van der Waals surface area contributed by atoms with Gasteiger partial charge in [-0.2, -0.15) is 0 Å². The molecular weight excluding hydrogens is 406 g/mol. The highest BCUT2D eigenvalue weighted by Crippen LogP contribution is 2.47. The van der Waals surface area contributed by atoms with Gasteiger partial charge in [-0.3, -0.25) is 4.79 Å². The molecule has 0 radical (unpaired) electrons. The Bertz CT molecular complexity index is 892. The molecule has 2 N–H and O–H groups in total. The van der Waals surface area contributed by atoms with E-state index in [1.807, 2.05) is 74.5 Å². The molecule has 1 amide bonds. The SMILES string of the molecule is CC[C@@H](CC(C)(C)[Si](O)(c1ccccc1)c1ccccc1)[C@@]1(C)OC(=O)N[C@@H]1C(C)=O. The van der Waals surface area contributed by atoms with Crippen LogP contribution in [-0.4, -0.2) is 36.6 Å². The van der Waals surface area contributed by atoms with Gasteiger partial charge in [0, 0.05) is 5.92 Å². The molecule has 6 heteroatoms. The van der Waals surface area contributed by atoms with Gasteiger partial charge in [-0.1, -0.05) is 81.4 Å². The zero-order chi connectivity index (χ0) is 22.9. The zero-order valence-corrected chi connectivity index (χ0v) is 20.0. The van der Waals surface area contributed by atoms with E-state index in [4.69, 9.17) is 4.74 Å². The minimum absolute atomic E-state index is 0.109. The molecule has 2 aromatic rings. The van der Waals surface area contributed by atoms with Crippen LogP contribution in [0.4, 0.5) is 4.79 Å². The molecule has 166 valence electrons. The summed E-state index contributed by atoms with van der Waals surface area (Å²) < 4.78 is 5.71. The number of rotatable bonds is 8. The number of hydrogen-bond acceptors (Lipinski definition) is 4. The molecule has 5 nitrogen and oxygen atoms in total. The van der Waals surface area contributed by atoms with Gasteiger partial charge < -0.3 is 14.8 Å². The summed E-state index contributed by atoms with van der Waals surface area (Å²) in [5.74, 6) is -0.231. The van der Waals surface area contributed by atoms with Crippen LogP contribution in [0.1, 0.15) is 47.5 Å². The van der Waals surface area contributed by atoms with Crippen LogP contribution < -0.4 is 15.7 Å². The second-order valence-corrected chi connectivity index (χ2v) is 13.3. The van der Waals surface area contributed by atoms with Crippen molar-refractivity contribution >= 4 is 30.6 Å². The van der Waals surface area contributed by atoms with Crippen LogP contribution in [-0.2, 0) is 9.53 Å². The van der Waals surface area contributed by atoms with Crippen LogP contribution in [0.15, 0.2) is 60.7 Å². The van der Waals surface area contributed by atoms with Crippen molar-refractivity contribution in [3.05, 3.63) is 60.7 Å². The maximum absolute atomic E-state index is 12.4. The van der Waals surface area contributed by atoms with Crippen LogP contribution >= 0.6 is 0 Å². The van der Waals surface area contributed by atoms with Gasteiger partial charge in [-0.05, 0) is 42.1 Å². The Kier molecular flexibility index (Phi) is 6.44. The van der Waals surface area contributed by atoms with Gasteiger partial charge in [-0.15, -0.1) is 0 Å². The predicted octanol–water partition coefficient (Wildman–Crippen LogP) is 3.39. The Balaban J connectivity index is 2.06. The molecular formula is C25H33NO4Si. The Morgan fingerprint density at radius 3 is 2.03 bits per heavy atom. The predicted molar refractivity (Wildman–Crippen MR) is 125 cm³/mol. The summed E-state index contributed by atoms with van der Waals surface area (Å²) in [6.07, 6.45) is 0.760. The monoisotopic (exact) mass is 439 g/mol. The van der Waals surface area contributed by atoms with Gasteiger partial charge in [0.15, 0.2) is 5.78 Å². The van der Waals surface area contributed by atoms with Crippen LogP contribution in [0.25, 0.3) is 0 Å². The number of cyclic esters (lactones) is 1. The van der Waals surface area contributed by atoms with Crippen molar-refractivity contribution in [2.75, 3.05) is 0 Å². The summed E-state index contributed by atoms with van der Waals surface area (Å²) in [7, 11) is -3.20. The number of carbonyl (C=O) groups is 2. The lowest BCUT2D eigenvalue weighted by Crippen LogP contribution is -2.66. The average Bonchev–Trinajstić information content (AvgIpc) is 3.08. The maximum Gasteiger partial charge on any atom is 0.408 e. The Morgan fingerprint density at radius 2 is 1.61 bits per heavy atom. The summed E-state index contributed by atoms with van der Waals surface area (Å²) in [6, 6.07) is 19.0. The van der Waals surface area contributed by atoms with E-state index < -0.39 is 31.1 Å². The van der Waals surface area contributed by atoms with E-state index in [2.05, 4.69) is 19.2 Å². The third kappa shape index (κ3) is 4.06. The first-order valence-electron chi connectivity index (χ1n) is 10.9. The van der Waals surface area contributed by atoms with E-state index in [1.54, 1.807) is 0 Å². The van der Waals surface area contributed by atoms with Gasteiger partial charge >= 0.3 is 6.09 Å². The molecule has 0 unspecified atom stereocenters. The fourth-order valence-electron chi connectivity index (χ4n) is 5.20. The number of carbonyl (C=O) groups excluding carboxylic acids is 2. The lowest BCUT2D eigenvalue weighted by Gasteiger charge is -2.46. The molecule has 2 aromatic carbocycles. The van der Waals surface area contributed by atoms with E-state index in [0.29, 0.717) is 12.8 Å². The first-order valence-corrected chi connectivity index (χ1v) is 12.8. The molecule has 3 rings (SSSR count). The minimum Gasteiger partial charge on any atom is -0.440 e. The molecule has 0 bridgehead atoms. The molecule has 1 heterocycles. The number of nitrogens with one attached hydrogen (secondary N) is 1. The molecule has 1 aliphatic rings. The zero-order valence-electron chi connectivity index (χ0n) is 19.0. The van der Waals surface area contributed by atoms with Crippen LogP contribution in [0, 0.1) is 5.92 Å². The average molecular weight is 440 g/mol. The van der Waals surface area contributed by atoms with Crippen LogP contribution in [0.2, 0.25) is 5.04 Å². The highest BCUT2D eigenvalue weighted by atomic mass is 28.4. The normalized spacial score (nSPS) is 22.5. The van der Waals surface area contributed by atoms with Gasteiger partial charge in [0.1, 0.15) is 11.6 Å². The fourth-order valence-corrected chi connectivity index (χ4v) is 8.98. The molecule has 1 fully saturated rings. The molecule has 0 saturated carbocycles. The number of ether oxygens (including phenoxy) is 1. The van der Waals surface area contributed by atoms with Crippen LogP contribution in [0.5, 0.6) is 0 Å². The van der Waals surface area contributed by atoms with E-state index in [0.717, 1.165) is 10.4 Å². The lowest BCUT2D eigenvalue weighted by molar-refractivity contribution is -0.123. The van der Waals surface area contributed by atoms with Crippen LogP contribution in [0.3, 0.4) is 0 Å². The first-order chi connectivity index (χ1) is 14.6. The van der Waals surface area contributed by atoms with Crippen molar-refractivity contribution < 1.29 is 19.1 Å². The number of alkyl carbamates (subject to hydrolysis) is 1. The van der Waals surface area contributed by atoms with Crippen molar-refractivity contribution in [1.29, 1.82) is 0 Å². The smallest absolute Gasteiger partial charge is 0.408 e. The van der Waals surface area contributed by atoms with Crippen molar-refractivity contribution in [3.63, 3.8) is 0 Å². The Hall–Kier alpha value is -2.44. The minimum atomic E-state index is -3.20. The number of ketones is 1. The molecule has 0 aliphatic carbocycles. The van der Waals surface area contributed by atoms with E-state index in [9.17, 15) is 14.4 Å². The van der Waals surface area contributed by atoms with Gasteiger partial charge in [0.05, 0.1) is 0 Å². The Labute approximate surface area is 186 Å².